The van der Waals surface area contributed by atoms with Crippen LogP contribution in [0.4, 0.5) is 34.1 Å². The Balaban J connectivity index is 0.983. The smallest absolute Gasteiger partial charge is 0.0641 e. The lowest BCUT2D eigenvalue weighted by molar-refractivity contribution is 0.594. The zero-order valence-electron chi connectivity index (χ0n) is 45.4. The summed E-state index contributed by atoms with van der Waals surface area (Å²) >= 11 is 3.74. The molecule has 0 spiro atoms. The van der Waals surface area contributed by atoms with Crippen LogP contribution < -0.4 is 9.80 Å². The lowest BCUT2D eigenvalue weighted by atomic mass is 9.85. The average molecular weight is 1060 g/mol. The molecular formula is C74H54N4S2. The van der Waals surface area contributed by atoms with Gasteiger partial charge in [-0.1, -0.05) is 163 Å². The monoisotopic (exact) mass is 1060 g/mol. The number of nitrogens with zero attached hydrogens (tertiary/aromatic N) is 4. The highest BCUT2D eigenvalue weighted by atomic mass is 32.1. The second-order valence-electron chi connectivity index (χ2n) is 24.1. The minimum atomic E-state index is -0.133. The number of para-hydroxylation sites is 4. The van der Waals surface area contributed by atoms with Crippen molar-refractivity contribution in [1.29, 1.82) is 0 Å². The van der Waals surface area contributed by atoms with Crippen LogP contribution in [0.3, 0.4) is 0 Å². The quantitative estimate of drug-likeness (QED) is 0.165. The standard InChI is InChI=1S/C74H54N4S2/c1-73(2,3)57-27-17-25-51-67-59(75(43-19-9-7-10-20-43)45-31-37-65-55(39-45)47-23-13-15-29-63(47)79-65)35-33-49-53-42-62-54(41-61(53)77(69(51)57)71(49)67)50-34-36-60(68-52-26-18-28-58(74(4,5)6)70(52)78(62)72(50)68)76(44-21-11-8-12-22-44)46-32-38-66-56(40-46)48-24-14-16-30-64(48)80-66/h7-42H,1-6H3. The highest BCUT2D eigenvalue weighted by Gasteiger charge is 2.32. The maximum absolute atomic E-state index is 2.65. The molecule has 0 radical (unpaired) electrons. The highest BCUT2D eigenvalue weighted by Crippen LogP contribution is 2.54. The molecule has 0 bridgehead atoms. The average Bonchev–Trinajstić information content (AvgIpc) is 4.50. The van der Waals surface area contributed by atoms with Crippen molar-refractivity contribution in [2.24, 2.45) is 0 Å². The molecule has 0 unspecified atom stereocenters. The van der Waals surface area contributed by atoms with Gasteiger partial charge in [-0.2, -0.15) is 0 Å². The fraction of sp³-hybridized carbons (Fsp3) is 0.108. The van der Waals surface area contributed by atoms with Gasteiger partial charge < -0.3 is 18.6 Å². The molecule has 6 heteroatoms. The van der Waals surface area contributed by atoms with Crippen molar-refractivity contribution in [3.05, 3.63) is 230 Å². The third kappa shape index (κ3) is 6.32. The second kappa shape index (κ2) is 16.3. The van der Waals surface area contributed by atoms with Crippen LogP contribution >= 0.6 is 22.7 Å². The molecule has 17 rings (SSSR count). The van der Waals surface area contributed by atoms with Crippen LogP contribution in [0.5, 0.6) is 0 Å². The summed E-state index contributed by atoms with van der Waals surface area (Å²) in [5, 5.41) is 15.3. The van der Waals surface area contributed by atoms with Gasteiger partial charge in [-0.05, 0) is 119 Å². The first kappa shape index (κ1) is 46.0. The van der Waals surface area contributed by atoms with E-state index in [0.717, 1.165) is 22.7 Å². The molecule has 0 atom stereocenters. The lowest BCUT2D eigenvalue weighted by Gasteiger charge is -2.27. The van der Waals surface area contributed by atoms with E-state index in [1.165, 1.54) is 139 Å². The van der Waals surface area contributed by atoms with E-state index in [2.05, 4.69) is 279 Å². The topological polar surface area (TPSA) is 15.3 Å². The Kier molecular flexibility index (Phi) is 9.39. The zero-order chi connectivity index (χ0) is 53.5. The first-order chi connectivity index (χ1) is 39.0. The predicted molar refractivity (Wildman–Crippen MR) is 348 cm³/mol. The normalized spacial score (nSPS) is 12.9. The summed E-state index contributed by atoms with van der Waals surface area (Å²) in [6.45, 7) is 14.2. The van der Waals surface area contributed by atoms with E-state index in [9.17, 15) is 0 Å². The van der Waals surface area contributed by atoms with Crippen molar-refractivity contribution < 1.29 is 0 Å². The Morgan fingerprint density at radius 3 is 1.10 bits per heavy atom. The summed E-state index contributed by atoms with van der Waals surface area (Å²) in [5.41, 5.74) is 16.8. The molecule has 0 N–H and O–H groups in total. The largest absolute Gasteiger partial charge is 0.310 e. The van der Waals surface area contributed by atoms with E-state index in [0.29, 0.717) is 0 Å². The second-order valence-corrected chi connectivity index (χ2v) is 26.2. The molecule has 6 heterocycles. The Labute approximate surface area is 470 Å². The van der Waals surface area contributed by atoms with Crippen LogP contribution in [-0.4, -0.2) is 8.80 Å². The van der Waals surface area contributed by atoms with Crippen molar-refractivity contribution >= 4 is 173 Å². The van der Waals surface area contributed by atoms with Gasteiger partial charge in [-0.15, -0.1) is 22.7 Å². The third-order valence-corrected chi connectivity index (χ3v) is 19.7. The molecular weight excluding hydrogens is 1010 g/mol. The molecule has 11 aromatic carbocycles. The third-order valence-electron chi connectivity index (χ3n) is 17.4. The van der Waals surface area contributed by atoms with E-state index in [1.54, 1.807) is 0 Å². The minimum absolute atomic E-state index is 0.133. The molecule has 17 aromatic rings. The Morgan fingerprint density at radius 1 is 0.287 bits per heavy atom. The van der Waals surface area contributed by atoms with Gasteiger partial charge in [0.05, 0.1) is 44.5 Å². The van der Waals surface area contributed by atoms with Crippen molar-refractivity contribution in [3.8, 4) is 0 Å². The number of benzene rings is 11. The van der Waals surface area contributed by atoms with Crippen molar-refractivity contribution in [2.45, 2.75) is 52.4 Å². The van der Waals surface area contributed by atoms with E-state index >= 15 is 0 Å². The van der Waals surface area contributed by atoms with Gasteiger partial charge in [0.25, 0.3) is 0 Å². The number of hydrogen-bond donors (Lipinski definition) is 0. The Bertz CT molecular complexity index is 5050. The van der Waals surface area contributed by atoms with Gasteiger partial charge in [-0.3, -0.25) is 0 Å². The number of fused-ring (bicyclic) bond motifs is 18. The summed E-state index contributed by atoms with van der Waals surface area (Å²) in [6.07, 6.45) is 0. The molecule has 382 valence electrons. The molecule has 0 saturated heterocycles. The number of rotatable bonds is 6. The van der Waals surface area contributed by atoms with Crippen LogP contribution in [0.25, 0.3) is 117 Å². The summed E-state index contributed by atoms with van der Waals surface area (Å²) in [5.74, 6) is 0. The molecule has 0 amide bonds. The molecule has 0 aliphatic heterocycles. The molecule has 0 aliphatic rings. The maximum atomic E-state index is 2.65. The molecule has 6 aromatic heterocycles. The first-order valence-electron chi connectivity index (χ1n) is 27.9. The number of anilines is 6. The highest BCUT2D eigenvalue weighted by molar-refractivity contribution is 7.26. The number of thiophene rings is 2. The Morgan fingerprint density at radius 2 is 0.675 bits per heavy atom. The fourth-order valence-electron chi connectivity index (χ4n) is 13.9. The van der Waals surface area contributed by atoms with Gasteiger partial charge in [0.15, 0.2) is 0 Å². The maximum Gasteiger partial charge on any atom is 0.0641 e. The van der Waals surface area contributed by atoms with E-state index < -0.39 is 0 Å². The summed E-state index contributed by atoms with van der Waals surface area (Å²) in [6, 6.07) is 82.6. The molecule has 0 aliphatic carbocycles. The number of hydrogen-bond acceptors (Lipinski definition) is 4. The fourth-order valence-corrected chi connectivity index (χ4v) is 16.1. The van der Waals surface area contributed by atoms with Gasteiger partial charge in [0.1, 0.15) is 0 Å². The van der Waals surface area contributed by atoms with Gasteiger partial charge in [0, 0.05) is 106 Å². The summed E-state index contributed by atoms with van der Waals surface area (Å²) in [4.78, 5) is 5.01. The van der Waals surface area contributed by atoms with Gasteiger partial charge in [0.2, 0.25) is 0 Å². The van der Waals surface area contributed by atoms with E-state index in [1.807, 2.05) is 22.7 Å². The number of aromatic nitrogens is 2. The Hall–Kier alpha value is -8.94. The minimum Gasteiger partial charge on any atom is -0.310 e. The van der Waals surface area contributed by atoms with Crippen LogP contribution in [-0.2, 0) is 10.8 Å². The van der Waals surface area contributed by atoms with Crippen molar-refractivity contribution in [1.82, 2.24) is 8.80 Å². The molecule has 0 saturated carbocycles. The van der Waals surface area contributed by atoms with Crippen LogP contribution in [0.2, 0.25) is 0 Å². The molecule has 0 fully saturated rings. The van der Waals surface area contributed by atoms with Crippen LogP contribution in [0.15, 0.2) is 218 Å². The predicted octanol–water partition coefficient (Wildman–Crippen LogP) is 22.3. The van der Waals surface area contributed by atoms with Crippen molar-refractivity contribution in [2.75, 3.05) is 9.80 Å². The van der Waals surface area contributed by atoms with Crippen LogP contribution in [0.1, 0.15) is 52.7 Å². The SMILES string of the molecule is CC(C)(C)c1cccc2c3c(N(c4ccccc4)c4ccc5sc6ccccc6c5c4)ccc4c5cc6c(cc5n(c12)c43)c1ccc(N(c2ccccc2)c2ccc3sc4ccccc4c3c2)c2c3cccc(C(C)(C)C)c3n6c12. The van der Waals surface area contributed by atoms with Crippen LogP contribution in [0, 0.1) is 0 Å². The molecule has 4 nitrogen and oxygen atoms in total. The van der Waals surface area contributed by atoms with E-state index in [4.69, 9.17) is 0 Å². The summed E-state index contributed by atoms with van der Waals surface area (Å²) in [7, 11) is 0. The lowest BCUT2D eigenvalue weighted by Crippen LogP contribution is -2.12. The van der Waals surface area contributed by atoms with Gasteiger partial charge >= 0.3 is 0 Å². The van der Waals surface area contributed by atoms with E-state index in [-0.39, 0.29) is 10.8 Å². The zero-order valence-corrected chi connectivity index (χ0v) is 47.0. The first-order valence-corrected chi connectivity index (χ1v) is 29.5. The molecule has 80 heavy (non-hydrogen) atoms. The summed E-state index contributed by atoms with van der Waals surface area (Å²) < 4.78 is 10.5. The van der Waals surface area contributed by atoms with Gasteiger partial charge in [-0.25, -0.2) is 0 Å². The van der Waals surface area contributed by atoms with Crippen molar-refractivity contribution in [3.63, 3.8) is 0 Å².